The summed E-state index contributed by atoms with van der Waals surface area (Å²) < 4.78 is 10.9. The van der Waals surface area contributed by atoms with E-state index in [4.69, 9.17) is 9.47 Å². The first kappa shape index (κ1) is 19.6. The van der Waals surface area contributed by atoms with E-state index >= 15 is 0 Å². The summed E-state index contributed by atoms with van der Waals surface area (Å²) in [5.74, 6) is 0.693. The maximum atomic E-state index is 12.8. The standard InChI is InChI=1S/C23H24N2O3S/c1-27-19-9-7-18(8-10-19)23(11-13-28-14-12-23)16-24-21(26)20-15-29-22(25-20)17-5-3-2-4-6-17/h2-10,15H,11-14,16H2,1H3,(H,24,26). The van der Waals surface area contributed by atoms with Crippen LogP contribution < -0.4 is 10.1 Å². The molecule has 0 radical (unpaired) electrons. The van der Waals surface area contributed by atoms with Gasteiger partial charge in [0.05, 0.1) is 7.11 Å². The van der Waals surface area contributed by atoms with Crippen molar-refractivity contribution in [3.63, 3.8) is 0 Å². The van der Waals surface area contributed by atoms with Gasteiger partial charge in [0.15, 0.2) is 0 Å². The lowest BCUT2D eigenvalue weighted by Crippen LogP contribution is -2.44. The number of benzene rings is 2. The van der Waals surface area contributed by atoms with E-state index in [0.29, 0.717) is 25.5 Å². The van der Waals surface area contributed by atoms with Gasteiger partial charge in [-0.2, -0.15) is 0 Å². The van der Waals surface area contributed by atoms with E-state index in [1.165, 1.54) is 16.9 Å². The van der Waals surface area contributed by atoms with Gasteiger partial charge in [-0.3, -0.25) is 4.79 Å². The van der Waals surface area contributed by atoms with Crippen LogP contribution in [0.25, 0.3) is 10.6 Å². The Morgan fingerprint density at radius 1 is 1.14 bits per heavy atom. The molecule has 2 heterocycles. The van der Waals surface area contributed by atoms with Crippen molar-refractivity contribution in [2.24, 2.45) is 0 Å². The van der Waals surface area contributed by atoms with Crippen LogP contribution in [-0.4, -0.2) is 37.8 Å². The first-order valence-corrected chi connectivity index (χ1v) is 10.6. The molecule has 1 aliphatic heterocycles. The minimum atomic E-state index is -0.140. The molecule has 0 unspecified atom stereocenters. The molecule has 0 bridgehead atoms. The van der Waals surface area contributed by atoms with Crippen molar-refractivity contribution < 1.29 is 14.3 Å². The molecule has 1 fully saturated rings. The smallest absolute Gasteiger partial charge is 0.270 e. The van der Waals surface area contributed by atoms with Gasteiger partial charge in [-0.25, -0.2) is 4.98 Å². The van der Waals surface area contributed by atoms with Crippen LogP contribution in [0.15, 0.2) is 60.0 Å². The summed E-state index contributed by atoms with van der Waals surface area (Å²) in [6, 6.07) is 18.0. The number of aromatic nitrogens is 1. The summed E-state index contributed by atoms with van der Waals surface area (Å²) in [5, 5.41) is 5.79. The number of amides is 1. The largest absolute Gasteiger partial charge is 0.497 e. The number of carbonyl (C=O) groups is 1. The monoisotopic (exact) mass is 408 g/mol. The minimum Gasteiger partial charge on any atom is -0.497 e. The zero-order valence-electron chi connectivity index (χ0n) is 16.4. The van der Waals surface area contributed by atoms with Crippen LogP contribution in [0.2, 0.25) is 0 Å². The molecule has 150 valence electrons. The SMILES string of the molecule is COc1ccc(C2(CNC(=O)c3csc(-c4ccccc4)n3)CCOCC2)cc1. The van der Waals surface area contributed by atoms with Gasteiger partial charge in [-0.05, 0) is 30.5 Å². The lowest BCUT2D eigenvalue weighted by Gasteiger charge is -2.38. The Hall–Kier alpha value is -2.70. The average Bonchev–Trinajstić information content (AvgIpc) is 3.29. The van der Waals surface area contributed by atoms with Crippen LogP contribution in [0.5, 0.6) is 5.75 Å². The summed E-state index contributed by atoms with van der Waals surface area (Å²) in [4.78, 5) is 17.3. The van der Waals surface area contributed by atoms with Gasteiger partial charge in [0.1, 0.15) is 16.5 Å². The Balaban J connectivity index is 1.49. The van der Waals surface area contributed by atoms with Crippen molar-refractivity contribution >= 4 is 17.2 Å². The Bertz CT molecular complexity index is 948. The highest BCUT2D eigenvalue weighted by molar-refractivity contribution is 7.13. The molecule has 1 aliphatic rings. The number of methoxy groups -OCH3 is 1. The van der Waals surface area contributed by atoms with Crippen LogP contribution >= 0.6 is 11.3 Å². The topological polar surface area (TPSA) is 60.5 Å². The number of rotatable bonds is 6. The van der Waals surface area contributed by atoms with Crippen LogP contribution in [0.4, 0.5) is 0 Å². The van der Waals surface area contributed by atoms with Gasteiger partial charge < -0.3 is 14.8 Å². The number of ether oxygens (including phenoxy) is 2. The van der Waals surface area contributed by atoms with Crippen molar-refractivity contribution in [3.05, 3.63) is 71.2 Å². The highest BCUT2D eigenvalue weighted by Crippen LogP contribution is 2.35. The summed E-state index contributed by atoms with van der Waals surface area (Å²) in [5.41, 5.74) is 2.55. The normalized spacial score (nSPS) is 15.6. The van der Waals surface area contributed by atoms with Crippen LogP contribution in [0.3, 0.4) is 0 Å². The molecule has 0 atom stereocenters. The Kier molecular flexibility index (Phi) is 5.92. The minimum absolute atomic E-state index is 0.136. The molecular formula is C23H24N2O3S. The fourth-order valence-electron chi connectivity index (χ4n) is 3.71. The third kappa shape index (κ3) is 4.33. The van der Waals surface area contributed by atoms with Crippen molar-refractivity contribution in [1.29, 1.82) is 0 Å². The maximum absolute atomic E-state index is 12.8. The number of carbonyl (C=O) groups excluding carboxylic acids is 1. The second-order valence-electron chi connectivity index (χ2n) is 7.21. The fourth-order valence-corrected chi connectivity index (χ4v) is 4.51. The molecule has 6 heteroatoms. The third-order valence-electron chi connectivity index (χ3n) is 5.50. The Labute approximate surface area is 174 Å². The van der Waals surface area contributed by atoms with E-state index in [0.717, 1.165) is 29.2 Å². The summed E-state index contributed by atoms with van der Waals surface area (Å²) in [6.07, 6.45) is 1.73. The summed E-state index contributed by atoms with van der Waals surface area (Å²) in [7, 11) is 1.66. The molecule has 4 rings (SSSR count). The first-order valence-electron chi connectivity index (χ1n) is 9.72. The van der Waals surface area contributed by atoms with E-state index < -0.39 is 0 Å². The number of thiazole rings is 1. The number of hydrogen-bond donors (Lipinski definition) is 1. The molecule has 1 N–H and O–H groups in total. The second-order valence-corrected chi connectivity index (χ2v) is 8.07. The zero-order valence-corrected chi connectivity index (χ0v) is 17.2. The van der Waals surface area contributed by atoms with Gasteiger partial charge in [0.25, 0.3) is 5.91 Å². The number of nitrogens with one attached hydrogen (secondary N) is 1. The lowest BCUT2D eigenvalue weighted by molar-refractivity contribution is 0.0486. The average molecular weight is 409 g/mol. The maximum Gasteiger partial charge on any atom is 0.270 e. The molecule has 1 amide bonds. The van der Waals surface area contributed by atoms with E-state index in [-0.39, 0.29) is 11.3 Å². The van der Waals surface area contributed by atoms with Crippen LogP contribution in [-0.2, 0) is 10.2 Å². The molecule has 29 heavy (non-hydrogen) atoms. The van der Waals surface area contributed by atoms with Crippen molar-refractivity contribution in [2.45, 2.75) is 18.3 Å². The quantitative estimate of drug-likeness (QED) is 0.661. The molecular weight excluding hydrogens is 384 g/mol. The third-order valence-corrected chi connectivity index (χ3v) is 6.39. The molecule has 1 aromatic heterocycles. The van der Waals surface area contributed by atoms with Crippen LogP contribution in [0, 0.1) is 0 Å². The predicted molar refractivity (Wildman–Crippen MR) is 115 cm³/mol. The molecule has 0 aliphatic carbocycles. The zero-order chi connectivity index (χ0) is 20.1. The molecule has 2 aromatic carbocycles. The molecule has 3 aromatic rings. The summed E-state index contributed by atoms with van der Waals surface area (Å²) in [6.45, 7) is 1.94. The Morgan fingerprint density at radius 2 is 1.86 bits per heavy atom. The number of hydrogen-bond acceptors (Lipinski definition) is 5. The predicted octanol–water partition coefficient (Wildman–Crippen LogP) is 4.30. The van der Waals surface area contributed by atoms with Gasteiger partial charge in [-0.15, -0.1) is 11.3 Å². The van der Waals surface area contributed by atoms with Gasteiger partial charge >= 0.3 is 0 Å². The van der Waals surface area contributed by atoms with Gasteiger partial charge in [-0.1, -0.05) is 42.5 Å². The first-order chi connectivity index (χ1) is 14.2. The molecule has 5 nitrogen and oxygen atoms in total. The lowest BCUT2D eigenvalue weighted by atomic mass is 9.74. The second kappa shape index (κ2) is 8.76. The van der Waals surface area contributed by atoms with Crippen molar-refractivity contribution in [3.8, 4) is 16.3 Å². The van der Waals surface area contributed by atoms with E-state index in [1.807, 2.05) is 47.8 Å². The highest BCUT2D eigenvalue weighted by Gasteiger charge is 2.35. The van der Waals surface area contributed by atoms with Crippen molar-refractivity contribution in [2.75, 3.05) is 26.9 Å². The van der Waals surface area contributed by atoms with Gasteiger partial charge in [0.2, 0.25) is 0 Å². The van der Waals surface area contributed by atoms with Gasteiger partial charge in [0, 0.05) is 36.1 Å². The highest BCUT2D eigenvalue weighted by atomic mass is 32.1. The molecule has 0 spiro atoms. The number of nitrogens with zero attached hydrogens (tertiary/aromatic N) is 1. The van der Waals surface area contributed by atoms with E-state index in [2.05, 4.69) is 22.4 Å². The fraction of sp³-hybridized carbons (Fsp3) is 0.304. The summed E-state index contributed by atoms with van der Waals surface area (Å²) >= 11 is 1.49. The molecule has 0 saturated carbocycles. The van der Waals surface area contributed by atoms with Crippen molar-refractivity contribution in [1.82, 2.24) is 10.3 Å². The Morgan fingerprint density at radius 3 is 2.55 bits per heavy atom. The van der Waals surface area contributed by atoms with Crippen LogP contribution in [0.1, 0.15) is 28.9 Å². The molecule has 1 saturated heterocycles. The van der Waals surface area contributed by atoms with E-state index in [9.17, 15) is 4.79 Å². The van der Waals surface area contributed by atoms with E-state index in [1.54, 1.807) is 7.11 Å².